The first-order chi connectivity index (χ1) is 8.97. The van der Waals surface area contributed by atoms with Crippen molar-refractivity contribution in [2.24, 2.45) is 0 Å². The SMILES string of the molecule is Nc1cc(F)c(Cl)cc1NCc1cc(Br)ccc1F. The number of hydrogen-bond donors (Lipinski definition) is 2. The van der Waals surface area contributed by atoms with E-state index in [1.807, 2.05) is 0 Å². The quantitative estimate of drug-likeness (QED) is 0.798. The molecular formula is C13H10BrClF2N2. The van der Waals surface area contributed by atoms with Crippen molar-refractivity contribution in [3.8, 4) is 0 Å². The first-order valence-electron chi connectivity index (χ1n) is 5.39. The van der Waals surface area contributed by atoms with Crippen molar-refractivity contribution in [1.29, 1.82) is 0 Å². The van der Waals surface area contributed by atoms with Crippen LogP contribution in [0.5, 0.6) is 0 Å². The van der Waals surface area contributed by atoms with E-state index in [0.717, 1.165) is 10.5 Å². The number of nitrogens with two attached hydrogens (primary N) is 1. The van der Waals surface area contributed by atoms with Gasteiger partial charge in [0, 0.05) is 22.6 Å². The second kappa shape index (κ2) is 5.75. The summed E-state index contributed by atoms with van der Waals surface area (Å²) in [5.74, 6) is -0.916. The topological polar surface area (TPSA) is 38.0 Å². The maximum absolute atomic E-state index is 13.5. The molecule has 0 aromatic heterocycles. The van der Waals surface area contributed by atoms with Crippen molar-refractivity contribution >= 4 is 38.9 Å². The number of benzene rings is 2. The van der Waals surface area contributed by atoms with Crippen LogP contribution in [-0.4, -0.2) is 0 Å². The summed E-state index contributed by atoms with van der Waals surface area (Å²) in [6, 6.07) is 7.14. The molecular weight excluding hydrogens is 338 g/mol. The number of halogens is 4. The maximum atomic E-state index is 13.5. The minimum atomic E-state index is -0.585. The van der Waals surface area contributed by atoms with Gasteiger partial charge in [0.1, 0.15) is 11.6 Å². The molecule has 0 heterocycles. The average molecular weight is 348 g/mol. The molecule has 0 amide bonds. The molecule has 0 spiro atoms. The molecule has 0 bridgehead atoms. The van der Waals surface area contributed by atoms with Crippen LogP contribution in [-0.2, 0) is 6.54 Å². The van der Waals surface area contributed by atoms with Crippen LogP contribution in [0.15, 0.2) is 34.8 Å². The first kappa shape index (κ1) is 14.1. The molecule has 3 N–H and O–H groups in total. The van der Waals surface area contributed by atoms with Gasteiger partial charge in [-0.15, -0.1) is 0 Å². The molecule has 0 aliphatic rings. The monoisotopic (exact) mass is 346 g/mol. The van der Waals surface area contributed by atoms with Crippen LogP contribution >= 0.6 is 27.5 Å². The van der Waals surface area contributed by atoms with Gasteiger partial charge in [0.05, 0.1) is 16.4 Å². The fraction of sp³-hybridized carbons (Fsp3) is 0.0769. The minimum Gasteiger partial charge on any atom is -0.397 e. The molecule has 0 saturated heterocycles. The van der Waals surface area contributed by atoms with Crippen molar-refractivity contribution in [2.45, 2.75) is 6.54 Å². The third-order valence-electron chi connectivity index (χ3n) is 2.57. The minimum absolute atomic E-state index is 0.0357. The largest absolute Gasteiger partial charge is 0.397 e. The third-order valence-corrected chi connectivity index (χ3v) is 3.35. The summed E-state index contributed by atoms with van der Waals surface area (Å²) in [7, 11) is 0. The fourth-order valence-corrected chi connectivity index (χ4v) is 2.16. The molecule has 0 aliphatic heterocycles. The molecule has 2 aromatic carbocycles. The second-order valence-corrected chi connectivity index (χ2v) is 5.27. The molecule has 2 nitrogen and oxygen atoms in total. The zero-order valence-electron chi connectivity index (χ0n) is 9.68. The van der Waals surface area contributed by atoms with Gasteiger partial charge >= 0.3 is 0 Å². The van der Waals surface area contributed by atoms with Gasteiger partial charge in [-0.1, -0.05) is 27.5 Å². The van der Waals surface area contributed by atoms with E-state index in [9.17, 15) is 8.78 Å². The molecule has 0 saturated carbocycles. The molecule has 2 rings (SSSR count). The Morgan fingerprint density at radius 2 is 1.89 bits per heavy atom. The lowest BCUT2D eigenvalue weighted by atomic mass is 10.2. The predicted octanol–water partition coefficient (Wildman–Crippen LogP) is 4.58. The molecule has 100 valence electrons. The van der Waals surface area contributed by atoms with Gasteiger partial charge in [0.15, 0.2) is 0 Å². The van der Waals surface area contributed by atoms with Crippen molar-refractivity contribution < 1.29 is 8.78 Å². The molecule has 2 aromatic rings. The van der Waals surface area contributed by atoms with Crippen LogP contribution < -0.4 is 11.1 Å². The maximum Gasteiger partial charge on any atom is 0.143 e. The third kappa shape index (κ3) is 3.36. The van der Waals surface area contributed by atoms with Crippen molar-refractivity contribution in [1.82, 2.24) is 0 Å². The Labute approximate surface area is 122 Å². The average Bonchev–Trinajstić information content (AvgIpc) is 2.36. The van der Waals surface area contributed by atoms with E-state index in [1.165, 1.54) is 12.1 Å². The summed E-state index contributed by atoms with van der Waals surface area (Å²) in [5, 5.41) is 2.89. The van der Waals surface area contributed by atoms with Crippen molar-refractivity contribution in [3.63, 3.8) is 0 Å². The van der Waals surface area contributed by atoms with E-state index in [1.54, 1.807) is 12.1 Å². The smallest absolute Gasteiger partial charge is 0.143 e. The van der Waals surface area contributed by atoms with Crippen molar-refractivity contribution in [3.05, 3.63) is 57.0 Å². The van der Waals surface area contributed by atoms with Gasteiger partial charge < -0.3 is 11.1 Å². The summed E-state index contributed by atoms with van der Waals surface area (Å²) >= 11 is 8.94. The number of nitrogen functional groups attached to an aromatic ring is 1. The molecule has 19 heavy (non-hydrogen) atoms. The van der Waals surface area contributed by atoms with Gasteiger partial charge in [0.2, 0.25) is 0 Å². The van der Waals surface area contributed by atoms with Crippen LogP contribution in [0.2, 0.25) is 5.02 Å². The zero-order chi connectivity index (χ0) is 14.0. The standard InChI is InChI=1S/C13H10BrClF2N2/c14-8-1-2-10(16)7(3-8)6-19-13-4-9(15)11(17)5-12(13)18/h1-5,19H,6,18H2. The molecule has 6 heteroatoms. The van der Waals surface area contributed by atoms with E-state index in [0.29, 0.717) is 11.3 Å². The van der Waals surface area contributed by atoms with Gasteiger partial charge in [-0.2, -0.15) is 0 Å². The summed E-state index contributed by atoms with van der Waals surface area (Å²) in [4.78, 5) is 0. The molecule has 0 fully saturated rings. The Balaban J connectivity index is 2.19. The van der Waals surface area contributed by atoms with Gasteiger partial charge in [-0.3, -0.25) is 0 Å². The van der Waals surface area contributed by atoms with Crippen LogP contribution in [0.1, 0.15) is 5.56 Å². The number of anilines is 2. The predicted molar refractivity (Wildman–Crippen MR) is 77.2 cm³/mol. The highest BCUT2D eigenvalue weighted by Gasteiger charge is 2.08. The molecule has 0 unspecified atom stereocenters. The Hall–Kier alpha value is -1.33. The van der Waals surface area contributed by atoms with Crippen LogP contribution in [0.25, 0.3) is 0 Å². The van der Waals surface area contributed by atoms with Gasteiger partial charge in [0.25, 0.3) is 0 Å². The van der Waals surface area contributed by atoms with Crippen LogP contribution in [0, 0.1) is 11.6 Å². The van der Waals surface area contributed by atoms with E-state index < -0.39 is 5.82 Å². The van der Waals surface area contributed by atoms with Crippen LogP contribution in [0.3, 0.4) is 0 Å². The Morgan fingerprint density at radius 1 is 1.16 bits per heavy atom. The van der Waals surface area contributed by atoms with E-state index >= 15 is 0 Å². The molecule has 0 atom stereocenters. The lowest BCUT2D eigenvalue weighted by molar-refractivity contribution is 0.612. The molecule has 0 radical (unpaired) electrons. The Morgan fingerprint density at radius 3 is 2.63 bits per heavy atom. The number of nitrogens with one attached hydrogen (secondary N) is 1. The lowest BCUT2D eigenvalue weighted by Gasteiger charge is -2.11. The normalized spacial score (nSPS) is 10.5. The first-order valence-corrected chi connectivity index (χ1v) is 6.57. The second-order valence-electron chi connectivity index (χ2n) is 3.94. The zero-order valence-corrected chi connectivity index (χ0v) is 12.0. The summed E-state index contributed by atoms with van der Waals surface area (Å²) in [6.45, 7) is 0.220. The highest BCUT2D eigenvalue weighted by molar-refractivity contribution is 9.10. The number of rotatable bonds is 3. The highest BCUT2D eigenvalue weighted by atomic mass is 79.9. The van der Waals surface area contributed by atoms with Gasteiger partial charge in [-0.25, -0.2) is 8.78 Å². The van der Waals surface area contributed by atoms with E-state index in [2.05, 4.69) is 21.2 Å². The Bertz CT molecular complexity index is 620. The van der Waals surface area contributed by atoms with Gasteiger partial charge in [-0.05, 0) is 24.3 Å². The molecule has 0 aliphatic carbocycles. The van der Waals surface area contributed by atoms with E-state index in [-0.39, 0.29) is 23.1 Å². The van der Waals surface area contributed by atoms with Crippen molar-refractivity contribution in [2.75, 3.05) is 11.1 Å². The summed E-state index contributed by atoms with van der Waals surface area (Å²) in [5.41, 5.74) is 6.81. The van der Waals surface area contributed by atoms with Crippen LogP contribution in [0.4, 0.5) is 20.2 Å². The van der Waals surface area contributed by atoms with E-state index in [4.69, 9.17) is 17.3 Å². The number of hydrogen-bond acceptors (Lipinski definition) is 2. The fourth-order valence-electron chi connectivity index (χ4n) is 1.58. The Kier molecular flexibility index (Phi) is 4.27. The summed E-state index contributed by atoms with van der Waals surface area (Å²) in [6.07, 6.45) is 0. The highest BCUT2D eigenvalue weighted by Crippen LogP contribution is 2.27. The lowest BCUT2D eigenvalue weighted by Crippen LogP contribution is -2.04. The summed E-state index contributed by atoms with van der Waals surface area (Å²) < 4.78 is 27.4.